The summed E-state index contributed by atoms with van der Waals surface area (Å²) in [5.41, 5.74) is 1.18. The molecule has 2 aliphatic rings. The zero-order valence-electron chi connectivity index (χ0n) is 8.88. The summed E-state index contributed by atoms with van der Waals surface area (Å²) in [5.74, 6) is 1.11. The minimum Gasteiger partial charge on any atom is -0.428 e. The Morgan fingerprint density at radius 3 is 3.07 bits per heavy atom. The maximum Gasteiger partial charge on any atom is 0.295 e. The molecule has 1 fully saturated rings. The predicted octanol–water partition coefficient (Wildman–Crippen LogP) is 1.33. The van der Waals surface area contributed by atoms with Gasteiger partial charge >= 0.3 is 0 Å². The highest BCUT2D eigenvalue weighted by Crippen LogP contribution is 2.24. The molecule has 0 amide bonds. The standard InChI is InChI=1S/C11H17N3O/c1-2-4-10-9(3-1)14-11(15-10)13-8-5-6-12-7-8/h8,12H,1-7H2,(H,13,14). The molecule has 4 nitrogen and oxygen atoms in total. The second-order valence-corrected chi connectivity index (χ2v) is 4.43. The van der Waals surface area contributed by atoms with Gasteiger partial charge < -0.3 is 15.1 Å². The van der Waals surface area contributed by atoms with Crippen LogP contribution in [0.2, 0.25) is 0 Å². The third-order valence-corrected chi connectivity index (χ3v) is 3.23. The van der Waals surface area contributed by atoms with Crippen LogP contribution < -0.4 is 10.6 Å². The average Bonchev–Trinajstić information content (AvgIpc) is 2.86. The molecule has 1 atom stereocenters. The lowest BCUT2D eigenvalue weighted by Gasteiger charge is -2.07. The van der Waals surface area contributed by atoms with Crippen molar-refractivity contribution in [2.45, 2.75) is 38.1 Å². The lowest BCUT2D eigenvalue weighted by atomic mass is 10.0. The fraction of sp³-hybridized carbons (Fsp3) is 0.727. The van der Waals surface area contributed by atoms with Gasteiger partial charge in [0.1, 0.15) is 5.76 Å². The van der Waals surface area contributed by atoms with Gasteiger partial charge in [-0.25, -0.2) is 0 Å². The molecule has 0 aromatic carbocycles. The van der Waals surface area contributed by atoms with Crippen molar-refractivity contribution in [3.8, 4) is 0 Å². The molecule has 4 heteroatoms. The SMILES string of the molecule is C1CCc2oc(NC3CCNC3)nc2C1. The average molecular weight is 207 g/mol. The maximum atomic E-state index is 5.72. The highest BCUT2D eigenvalue weighted by Gasteiger charge is 2.20. The van der Waals surface area contributed by atoms with Gasteiger partial charge in [0, 0.05) is 19.0 Å². The van der Waals surface area contributed by atoms with E-state index in [1.54, 1.807) is 0 Å². The van der Waals surface area contributed by atoms with Crippen LogP contribution >= 0.6 is 0 Å². The van der Waals surface area contributed by atoms with Crippen molar-refractivity contribution in [3.05, 3.63) is 11.5 Å². The minimum absolute atomic E-state index is 0.491. The van der Waals surface area contributed by atoms with E-state index in [2.05, 4.69) is 15.6 Å². The Bertz CT molecular complexity index is 318. The van der Waals surface area contributed by atoms with Crippen LogP contribution in [0.15, 0.2) is 4.42 Å². The number of hydrogen-bond donors (Lipinski definition) is 2. The van der Waals surface area contributed by atoms with E-state index in [-0.39, 0.29) is 0 Å². The molecule has 1 aromatic heterocycles. The molecule has 0 spiro atoms. The number of nitrogens with zero attached hydrogens (tertiary/aromatic N) is 1. The quantitative estimate of drug-likeness (QED) is 0.768. The van der Waals surface area contributed by atoms with E-state index in [9.17, 15) is 0 Å². The lowest BCUT2D eigenvalue weighted by Crippen LogP contribution is -2.22. The van der Waals surface area contributed by atoms with Crippen LogP contribution in [-0.2, 0) is 12.8 Å². The van der Waals surface area contributed by atoms with Gasteiger partial charge in [-0.2, -0.15) is 4.98 Å². The van der Waals surface area contributed by atoms with Crippen molar-refractivity contribution in [3.63, 3.8) is 0 Å². The van der Waals surface area contributed by atoms with E-state index in [0.29, 0.717) is 6.04 Å². The van der Waals surface area contributed by atoms with Crippen LogP contribution in [0, 0.1) is 0 Å². The van der Waals surface area contributed by atoms with Crippen molar-refractivity contribution in [1.82, 2.24) is 10.3 Å². The Balaban J connectivity index is 1.72. The molecule has 2 N–H and O–H groups in total. The molecule has 15 heavy (non-hydrogen) atoms. The summed E-state index contributed by atoms with van der Waals surface area (Å²) < 4.78 is 5.72. The monoisotopic (exact) mass is 207 g/mol. The van der Waals surface area contributed by atoms with E-state index in [1.807, 2.05) is 0 Å². The van der Waals surface area contributed by atoms with Crippen LogP contribution in [0.5, 0.6) is 0 Å². The molecule has 0 saturated carbocycles. The fourth-order valence-corrected chi connectivity index (χ4v) is 2.37. The summed E-state index contributed by atoms with van der Waals surface area (Å²) in [6.07, 6.45) is 5.81. The van der Waals surface area contributed by atoms with Crippen molar-refractivity contribution >= 4 is 6.01 Å². The van der Waals surface area contributed by atoms with Gasteiger partial charge in [-0.15, -0.1) is 0 Å². The first-order valence-corrected chi connectivity index (χ1v) is 5.87. The summed E-state index contributed by atoms with van der Waals surface area (Å²) in [7, 11) is 0. The Morgan fingerprint density at radius 1 is 1.33 bits per heavy atom. The number of oxazole rings is 1. The minimum atomic E-state index is 0.491. The Kier molecular flexibility index (Phi) is 2.37. The Hall–Kier alpha value is -1.03. The highest BCUT2D eigenvalue weighted by atomic mass is 16.4. The number of rotatable bonds is 2. The number of anilines is 1. The Labute approximate surface area is 89.5 Å². The van der Waals surface area contributed by atoms with Crippen LogP contribution in [0.25, 0.3) is 0 Å². The molecule has 2 heterocycles. The van der Waals surface area contributed by atoms with E-state index >= 15 is 0 Å². The third-order valence-electron chi connectivity index (χ3n) is 3.23. The van der Waals surface area contributed by atoms with E-state index < -0.39 is 0 Å². The lowest BCUT2D eigenvalue weighted by molar-refractivity contribution is 0.482. The zero-order chi connectivity index (χ0) is 10.1. The molecule has 0 radical (unpaired) electrons. The summed E-state index contributed by atoms with van der Waals surface area (Å²) in [6.45, 7) is 2.12. The summed E-state index contributed by atoms with van der Waals surface area (Å²) >= 11 is 0. The topological polar surface area (TPSA) is 50.1 Å². The van der Waals surface area contributed by atoms with E-state index in [1.165, 1.54) is 18.5 Å². The number of aryl methyl sites for hydroxylation is 2. The van der Waals surface area contributed by atoms with Crippen LogP contribution in [0.3, 0.4) is 0 Å². The largest absolute Gasteiger partial charge is 0.428 e. The first-order valence-electron chi connectivity index (χ1n) is 5.87. The van der Waals surface area contributed by atoms with Crippen molar-refractivity contribution in [2.75, 3.05) is 18.4 Å². The van der Waals surface area contributed by atoms with Crippen molar-refractivity contribution in [1.29, 1.82) is 0 Å². The molecule has 0 bridgehead atoms. The maximum absolute atomic E-state index is 5.72. The Morgan fingerprint density at radius 2 is 2.27 bits per heavy atom. The summed E-state index contributed by atoms with van der Waals surface area (Å²) in [6, 6.07) is 1.22. The molecular formula is C11H17N3O. The van der Waals surface area contributed by atoms with Gasteiger partial charge in [0.05, 0.1) is 5.69 Å². The number of hydrogen-bond acceptors (Lipinski definition) is 4. The van der Waals surface area contributed by atoms with Crippen LogP contribution in [0.4, 0.5) is 6.01 Å². The second-order valence-electron chi connectivity index (χ2n) is 4.43. The van der Waals surface area contributed by atoms with Crippen molar-refractivity contribution < 1.29 is 4.42 Å². The smallest absolute Gasteiger partial charge is 0.295 e. The van der Waals surface area contributed by atoms with E-state index in [0.717, 1.165) is 44.1 Å². The molecule has 1 aliphatic carbocycles. The van der Waals surface area contributed by atoms with Crippen LogP contribution in [0.1, 0.15) is 30.7 Å². The van der Waals surface area contributed by atoms with Gasteiger partial charge in [0.25, 0.3) is 6.01 Å². The van der Waals surface area contributed by atoms with Gasteiger partial charge in [0.2, 0.25) is 0 Å². The van der Waals surface area contributed by atoms with Gasteiger partial charge in [0.15, 0.2) is 0 Å². The molecule has 1 unspecified atom stereocenters. The fourth-order valence-electron chi connectivity index (χ4n) is 2.37. The molecule has 3 rings (SSSR count). The van der Waals surface area contributed by atoms with Gasteiger partial charge in [-0.05, 0) is 32.2 Å². The molecule has 82 valence electrons. The van der Waals surface area contributed by atoms with Gasteiger partial charge in [-0.1, -0.05) is 0 Å². The van der Waals surface area contributed by atoms with Gasteiger partial charge in [-0.3, -0.25) is 0 Å². The molecule has 1 aromatic rings. The summed E-state index contributed by atoms with van der Waals surface area (Å²) in [5, 5.41) is 6.68. The first-order chi connectivity index (χ1) is 7.42. The first kappa shape index (κ1) is 9.21. The second kappa shape index (κ2) is 3.85. The normalized spacial score (nSPS) is 25.2. The highest BCUT2D eigenvalue weighted by molar-refractivity contribution is 5.28. The van der Waals surface area contributed by atoms with E-state index in [4.69, 9.17) is 4.42 Å². The molecule has 1 aliphatic heterocycles. The number of nitrogens with one attached hydrogen (secondary N) is 2. The van der Waals surface area contributed by atoms with Crippen molar-refractivity contribution in [2.24, 2.45) is 0 Å². The predicted molar refractivity (Wildman–Crippen MR) is 58.0 cm³/mol. The molecular weight excluding hydrogens is 190 g/mol. The third kappa shape index (κ3) is 1.86. The number of aromatic nitrogens is 1. The molecule has 1 saturated heterocycles. The summed E-state index contributed by atoms with van der Waals surface area (Å²) in [4.78, 5) is 4.51. The van der Waals surface area contributed by atoms with Crippen LogP contribution in [-0.4, -0.2) is 24.1 Å². The zero-order valence-corrected chi connectivity index (χ0v) is 8.88. The number of fused-ring (bicyclic) bond motifs is 1.